The Labute approximate surface area is 111 Å². The third-order valence-corrected chi connectivity index (χ3v) is 3.65. The van der Waals surface area contributed by atoms with Crippen molar-refractivity contribution in [2.45, 2.75) is 6.42 Å². The van der Waals surface area contributed by atoms with E-state index in [1.807, 2.05) is 29.2 Å². The van der Waals surface area contributed by atoms with Gasteiger partial charge in [-0.3, -0.25) is 4.79 Å². The number of carbonyl (C=O) groups is 1. The fraction of sp³-hybridized carbons (Fsp3) is 0.462. The molecule has 1 aromatic carbocycles. The molecule has 0 N–H and O–H groups in total. The Bertz CT molecular complexity index is 383. The predicted molar refractivity (Wildman–Crippen MR) is 71.9 cm³/mol. The van der Waals surface area contributed by atoms with Crippen LogP contribution in [0.4, 0.5) is 0 Å². The Hall–Kier alpha value is -0.870. The summed E-state index contributed by atoms with van der Waals surface area (Å²) in [5.41, 5.74) is 1.08. The topological polar surface area (TPSA) is 23.6 Å². The van der Waals surface area contributed by atoms with E-state index in [4.69, 9.17) is 0 Å². The number of amides is 1. The van der Waals surface area contributed by atoms with E-state index in [2.05, 4.69) is 27.9 Å². The van der Waals surface area contributed by atoms with E-state index in [1.165, 1.54) is 0 Å². The molecule has 3 nitrogen and oxygen atoms in total. The van der Waals surface area contributed by atoms with Crippen LogP contribution in [0.2, 0.25) is 0 Å². The predicted octanol–water partition coefficient (Wildman–Crippen LogP) is 1.77. The molecule has 92 valence electrons. The molecular formula is C13H17BrN2O. The average molecular weight is 297 g/mol. The third-order valence-electron chi connectivity index (χ3n) is 3.12. The first-order chi connectivity index (χ1) is 8.15. The molecule has 0 bridgehead atoms. The second-order valence-electron chi connectivity index (χ2n) is 4.49. The van der Waals surface area contributed by atoms with Gasteiger partial charge in [-0.05, 0) is 24.7 Å². The lowest BCUT2D eigenvalue weighted by atomic mass is 10.1. The summed E-state index contributed by atoms with van der Waals surface area (Å²) in [5.74, 6) is 0.237. The summed E-state index contributed by atoms with van der Waals surface area (Å²) >= 11 is 3.39. The Kier molecular flexibility index (Phi) is 4.18. The summed E-state index contributed by atoms with van der Waals surface area (Å²) in [4.78, 5) is 16.3. The van der Waals surface area contributed by atoms with Gasteiger partial charge in [-0.1, -0.05) is 28.1 Å². The van der Waals surface area contributed by atoms with E-state index in [9.17, 15) is 4.79 Å². The van der Waals surface area contributed by atoms with E-state index < -0.39 is 0 Å². The van der Waals surface area contributed by atoms with Crippen LogP contribution in [-0.4, -0.2) is 48.9 Å². The zero-order valence-corrected chi connectivity index (χ0v) is 11.6. The lowest BCUT2D eigenvalue weighted by Gasteiger charge is -2.32. The van der Waals surface area contributed by atoms with Gasteiger partial charge in [0.1, 0.15) is 0 Å². The first-order valence-corrected chi connectivity index (χ1v) is 6.65. The van der Waals surface area contributed by atoms with Crippen LogP contribution in [0.15, 0.2) is 28.7 Å². The van der Waals surface area contributed by atoms with Gasteiger partial charge in [0.05, 0.1) is 6.42 Å². The normalized spacial score (nSPS) is 17.2. The lowest BCUT2D eigenvalue weighted by molar-refractivity contribution is -0.132. The first kappa shape index (κ1) is 12.6. The first-order valence-electron chi connectivity index (χ1n) is 5.86. The van der Waals surface area contributed by atoms with Crippen LogP contribution >= 0.6 is 15.9 Å². The van der Waals surface area contributed by atoms with Crippen LogP contribution in [-0.2, 0) is 11.2 Å². The van der Waals surface area contributed by atoms with Gasteiger partial charge in [-0.15, -0.1) is 0 Å². The number of hydrogen-bond acceptors (Lipinski definition) is 2. The van der Waals surface area contributed by atoms with Crippen LogP contribution in [0.25, 0.3) is 0 Å². The fourth-order valence-electron chi connectivity index (χ4n) is 1.94. The van der Waals surface area contributed by atoms with Crippen molar-refractivity contribution in [1.82, 2.24) is 9.80 Å². The van der Waals surface area contributed by atoms with Gasteiger partial charge in [-0.2, -0.15) is 0 Å². The molecule has 1 aliphatic heterocycles. The maximum absolute atomic E-state index is 12.1. The van der Waals surface area contributed by atoms with Gasteiger partial charge < -0.3 is 9.80 Å². The molecule has 1 aromatic rings. The number of benzene rings is 1. The number of rotatable bonds is 2. The van der Waals surface area contributed by atoms with E-state index >= 15 is 0 Å². The van der Waals surface area contributed by atoms with Crippen molar-refractivity contribution in [2.75, 3.05) is 33.2 Å². The highest BCUT2D eigenvalue weighted by molar-refractivity contribution is 9.10. The van der Waals surface area contributed by atoms with Crippen molar-refractivity contribution >= 4 is 21.8 Å². The molecule has 17 heavy (non-hydrogen) atoms. The molecule has 1 heterocycles. The zero-order valence-electron chi connectivity index (χ0n) is 10.0. The summed E-state index contributed by atoms with van der Waals surface area (Å²) in [6.07, 6.45) is 0.511. The number of carbonyl (C=O) groups excluding carboxylic acids is 1. The third kappa shape index (κ3) is 3.54. The zero-order chi connectivity index (χ0) is 12.3. The fourth-order valence-corrected chi connectivity index (χ4v) is 2.21. The minimum Gasteiger partial charge on any atom is -0.340 e. The quantitative estimate of drug-likeness (QED) is 0.830. The Morgan fingerprint density at radius 2 is 1.76 bits per heavy atom. The van der Waals surface area contributed by atoms with Gasteiger partial charge in [0.15, 0.2) is 0 Å². The molecule has 1 amide bonds. The van der Waals surface area contributed by atoms with Gasteiger partial charge >= 0.3 is 0 Å². The van der Waals surface area contributed by atoms with Gasteiger partial charge in [0.2, 0.25) is 5.91 Å². The molecule has 2 rings (SSSR count). The van der Waals surface area contributed by atoms with Crippen molar-refractivity contribution in [3.63, 3.8) is 0 Å². The van der Waals surface area contributed by atoms with Crippen LogP contribution in [0.5, 0.6) is 0 Å². The number of likely N-dealkylation sites (N-methyl/N-ethyl adjacent to an activating group) is 1. The molecule has 0 saturated carbocycles. The van der Waals surface area contributed by atoms with Crippen molar-refractivity contribution in [3.8, 4) is 0 Å². The molecule has 0 spiro atoms. The van der Waals surface area contributed by atoms with E-state index in [-0.39, 0.29) is 5.91 Å². The monoisotopic (exact) mass is 296 g/mol. The highest BCUT2D eigenvalue weighted by atomic mass is 79.9. The van der Waals surface area contributed by atoms with E-state index in [0.29, 0.717) is 6.42 Å². The van der Waals surface area contributed by atoms with Crippen LogP contribution in [0, 0.1) is 0 Å². The molecule has 1 fully saturated rings. The Balaban J connectivity index is 1.90. The van der Waals surface area contributed by atoms with Crippen molar-refractivity contribution in [1.29, 1.82) is 0 Å². The van der Waals surface area contributed by atoms with Crippen LogP contribution in [0.1, 0.15) is 5.56 Å². The van der Waals surface area contributed by atoms with Crippen LogP contribution in [0.3, 0.4) is 0 Å². The Morgan fingerprint density at radius 1 is 1.18 bits per heavy atom. The van der Waals surface area contributed by atoms with Crippen molar-refractivity contribution < 1.29 is 4.79 Å². The summed E-state index contributed by atoms with van der Waals surface area (Å²) in [5, 5.41) is 0. The van der Waals surface area contributed by atoms with Crippen LogP contribution < -0.4 is 0 Å². The standard InChI is InChI=1S/C13H17BrN2O/c1-15-6-8-16(9-7-15)13(17)10-11-2-4-12(14)5-3-11/h2-5H,6-10H2,1H3. The molecule has 0 unspecified atom stereocenters. The smallest absolute Gasteiger partial charge is 0.227 e. The second-order valence-corrected chi connectivity index (χ2v) is 5.40. The lowest BCUT2D eigenvalue weighted by Crippen LogP contribution is -2.47. The minimum atomic E-state index is 0.237. The van der Waals surface area contributed by atoms with Gasteiger partial charge in [-0.25, -0.2) is 0 Å². The number of piperazine rings is 1. The summed E-state index contributed by atoms with van der Waals surface area (Å²) in [6, 6.07) is 7.95. The molecule has 4 heteroatoms. The molecule has 0 atom stereocenters. The number of hydrogen-bond donors (Lipinski definition) is 0. The highest BCUT2D eigenvalue weighted by Gasteiger charge is 2.18. The second kappa shape index (κ2) is 5.65. The number of nitrogens with zero attached hydrogens (tertiary/aromatic N) is 2. The van der Waals surface area contributed by atoms with Crippen molar-refractivity contribution in [3.05, 3.63) is 34.3 Å². The summed E-state index contributed by atoms with van der Waals surface area (Å²) in [6.45, 7) is 3.66. The summed E-state index contributed by atoms with van der Waals surface area (Å²) in [7, 11) is 2.09. The van der Waals surface area contributed by atoms with Gasteiger partial charge in [0, 0.05) is 30.7 Å². The van der Waals surface area contributed by atoms with E-state index in [0.717, 1.165) is 36.2 Å². The van der Waals surface area contributed by atoms with Gasteiger partial charge in [0.25, 0.3) is 0 Å². The maximum Gasteiger partial charge on any atom is 0.227 e. The SMILES string of the molecule is CN1CCN(C(=O)Cc2ccc(Br)cc2)CC1. The number of halogens is 1. The highest BCUT2D eigenvalue weighted by Crippen LogP contribution is 2.12. The molecule has 0 aliphatic carbocycles. The molecule has 0 aromatic heterocycles. The summed E-state index contributed by atoms with van der Waals surface area (Å²) < 4.78 is 1.05. The van der Waals surface area contributed by atoms with E-state index in [1.54, 1.807) is 0 Å². The molecule has 1 aliphatic rings. The maximum atomic E-state index is 12.1. The minimum absolute atomic E-state index is 0.237. The largest absolute Gasteiger partial charge is 0.340 e. The average Bonchev–Trinajstić information content (AvgIpc) is 2.33. The molecular weight excluding hydrogens is 280 g/mol. The molecule has 1 saturated heterocycles. The van der Waals surface area contributed by atoms with Crippen molar-refractivity contribution in [2.24, 2.45) is 0 Å². The Morgan fingerprint density at radius 3 is 2.35 bits per heavy atom. The molecule has 0 radical (unpaired) electrons.